The molecule has 1 aromatic carbocycles. The van der Waals surface area contributed by atoms with Gasteiger partial charge >= 0.3 is 6.09 Å². The van der Waals surface area contributed by atoms with Gasteiger partial charge in [0.05, 0.1) is 61.5 Å². The lowest BCUT2D eigenvalue weighted by Crippen LogP contribution is -2.61. The molecule has 64 heavy (non-hydrogen) atoms. The van der Waals surface area contributed by atoms with Crippen molar-refractivity contribution < 1.29 is 62.9 Å². The van der Waals surface area contributed by atoms with E-state index in [1.807, 2.05) is 6.92 Å². The molecular weight excluding hydrogens is 849 g/mol. The van der Waals surface area contributed by atoms with Crippen molar-refractivity contribution in [3.63, 3.8) is 0 Å². The van der Waals surface area contributed by atoms with Crippen LogP contribution < -0.4 is 10.6 Å². The molecule has 0 spiro atoms. The Labute approximate surface area is 375 Å². The van der Waals surface area contributed by atoms with Crippen molar-refractivity contribution in [3.05, 3.63) is 64.5 Å². The molecule has 1 aromatic heterocycles. The smallest absolute Gasteiger partial charge is 0.411 e. The number of allylic oxidation sites excluding steroid dienone is 3. The van der Waals surface area contributed by atoms with Crippen molar-refractivity contribution in [2.45, 2.75) is 102 Å². The van der Waals surface area contributed by atoms with E-state index in [4.69, 9.17) is 28.4 Å². The van der Waals surface area contributed by atoms with Crippen LogP contribution in [0.25, 0.3) is 10.9 Å². The number of hydrogen-bond acceptors (Lipinski definition) is 16. The van der Waals surface area contributed by atoms with Crippen LogP contribution in [-0.4, -0.2) is 144 Å². The van der Waals surface area contributed by atoms with Crippen LogP contribution in [0.4, 0.5) is 4.79 Å². The molecule has 2 fully saturated rings. The van der Waals surface area contributed by atoms with Gasteiger partial charge in [0.25, 0.3) is 0 Å². The molecule has 0 radical (unpaired) electrons. The second-order valence-corrected chi connectivity index (χ2v) is 16.6. The predicted molar refractivity (Wildman–Crippen MR) is 236 cm³/mol. The summed E-state index contributed by atoms with van der Waals surface area (Å²) in [4.78, 5) is 61.1. The van der Waals surface area contributed by atoms with Gasteiger partial charge in [-0.15, -0.1) is 5.92 Å². The van der Waals surface area contributed by atoms with Crippen LogP contribution in [-0.2, 0) is 49.2 Å². The van der Waals surface area contributed by atoms with Gasteiger partial charge < -0.3 is 54.0 Å². The van der Waals surface area contributed by atoms with E-state index in [1.165, 1.54) is 19.1 Å². The normalized spacial score (nSPS) is 28.1. The summed E-state index contributed by atoms with van der Waals surface area (Å²) < 4.78 is 36.6. The van der Waals surface area contributed by atoms with Crippen molar-refractivity contribution in [2.75, 3.05) is 39.7 Å². The van der Waals surface area contributed by atoms with Gasteiger partial charge in [-0.05, 0) is 68.3 Å². The predicted octanol–water partition coefficient (Wildman–Crippen LogP) is 2.75. The highest BCUT2D eigenvalue weighted by atomic mass is 32.2. The molecule has 0 saturated carbocycles. The van der Waals surface area contributed by atoms with Crippen molar-refractivity contribution in [1.82, 2.24) is 15.6 Å². The molecule has 1 aliphatic carbocycles. The van der Waals surface area contributed by atoms with Crippen LogP contribution in [0.5, 0.6) is 5.75 Å². The van der Waals surface area contributed by atoms with Gasteiger partial charge in [-0.25, -0.2) is 4.79 Å². The number of hydrogen-bond donors (Lipinski definition) is 6. The average molecular weight is 903 g/mol. The summed E-state index contributed by atoms with van der Waals surface area (Å²) in [6, 6.07) is 4.71. The number of nitrogens with one attached hydrogen (secondary N) is 3. The number of phenols is 1. The molecule has 2 saturated heterocycles. The van der Waals surface area contributed by atoms with Crippen molar-refractivity contribution in [3.8, 4) is 29.4 Å². The van der Waals surface area contributed by atoms with Gasteiger partial charge in [0.15, 0.2) is 29.3 Å². The zero-order valence-electron chi connectivity index (χ0n) is 36.5. The van der Waals surface area contributed by atoms with Gasteiger partial charge in [-0.2, -0.15) is 0 Å². The van der Waals surface area contributed by atoms with Gasteiger partial charge in [0.1, 0.15) is 23.7 Å². The number of ketones is 2. The summed E-state index contributed by atoms with van der Waals surface area (Å²) in [5.41, 5.74) is 1.86. The Kier molecular flexibility index (Phi) is 16.8. The molecule has 1 amide bonds. The first-order valence-corrected chi connectivity index (χ1v) is 22.0. The fraction of sp³-hybridized carbons (Fsp3) is 0.500. The number of fused-ring (bicyclic) bond motifs is 3. The number of ether oxygens (including phenoxy) is 6. The standard InChI is InChI=1S/C46H54N4O13S/c1-7-9-10-11-12-13-34(38-28(17-19-64-25(4)51)32(53)21-33(54)40(38)50-46(57)59-6)62-45-44(63-36-22-35(58-5)31(23-60-36)47-8-2)43(56)37(24(3)61-45)42(55)41-39-27(16-18-48-41)29-20-26(52)14-15-30(29)49-39/h10-11,14-15,17,20,24,31-32,34-37,43-45,47,49,52-53,56H,8,16,18-19,21-23H2,1-6H3,(H,50,57)/b11-10-,28-17-/t24?,31?,32-,34-,35?,36?,37?,43?,44?,45?/m0/s1. The molecule has 17 nitrogen and oxygen atoms in total. The monoisotopic (exact) mass is 902 g/mol. The van der Waals surface area contributed by atoms with E-state index in [9.17, 15) is 34.5 Å². The highest BCUT2D eigenvalue weighted by molar-refractivity contribution is 8.13. The summed E-state index contributed by atoms with van der Waals surface area (Å²) in [6.07, 6.45) is -6.19. The number of phenolic OH excluding ortho intramolecular Hbond substituents is 1. The number of aromatic hydroxyl groups is 1. The number of aliphatic hydroxyl groups is 2. The van der Waals surface area contributed by atoms with Crippen molar-refractivity contribution in [2.24, 2.45) is 10.9 Å². The number of methoxy groups -OCH3 is 2. The summed E-state index contributed by atoms with van der Waals surface area (Å²) in [5, 5.41) is 40.5. The molecule has 3 aliphatic heterocycles. The van der Waals surface area contributed by atoms with E-state index in [-0.39, 0.29) is 70.9 Å². The first-order chi connectivity index (χ1) is 30.8. The van der Waals surface area contributed by atoms with E-state index >= 15 is 0 Å². The number of alkyl carbamates (subject to hydrolysis) is 1. The molecule has 6 rings (SSSR count). The molecule has 8 unspecified atom stereocenters. The number of carbonyl (C=O) groups excluding carboxylic acids is 4. The summed E-state index contributed by atoms with van der Waals surface area (Å²) in [7, 11) is 2.69. The van der Waals surface area contributed by atoms with Crippen LogP contribution in [0.15, 0.2) is 58.3 Å². The molecule has 2 aromatic rings. The third kappa shape index (κ3) is 11.0. The molecule has 4 heterocycles. The number of aromatic amines is 1. The molecule has 18 heteroatoms. The molecular formula is C46H54N4O13S. The van der Waals surface area contributed by atoms with Gasteiger partial charge in [-0.3, -0.25) is 24.7 Å². The fourth-order valence-electron chi connectivity index (χ4n) is 8.31. The van der Waals surface area contributed by atoms with Crippen molar-refractivity contribution in [1.29, 1.82) is 0 Å². The van der Waals surface area contributed by atoms with Crippen LogP contribution in [0.2, 0.25) is 0 Å². The van der Waals surface area contributed by atoms with Crippen LogP contribution in [0.1, 0.15) is 51.8 Å². The van der Waals surface area contributed by atoms with E-state index in [1.54, 1.807) is 45.2 Å². The van der Waals surface area contributed by atoms with E-state index in [2.05, 4.69) is 44.3 Å². The van der Waals surface area contributed by atoms with Crippen LogP contribution >= 0.6 is 11.8 Å². The van der Waals surface area contributed by atoms with Crippen LogP contribution in [0.3, 0.4) is 0 Å². The van der Waals surface area contributed by atoms with Gasteiger partial charge in [-0.1, -0.05) is 42.5 Å². The summed E-state index contributed by atoms with van der Waals surface area (Å²) in [6.45, 7) is 7.70. The molecule has 10 atom stereocenters. The van der Waals surface area contributed by atoms with E-state index in [0.717, 1.165) is 29.8 Å². The number of aliphatic imine (C=N–C) groups is 1. The molecule has 342 valence electrons. The Morgan fingerprint density at radius 3 is 2.67 bits per heavy atom. The minimum absolute atomic E-state index is 0.0562. The number of H-pyrrole nitrogens is 1. The lowest BCUT2D eigenvalue weighted by atomic mass is 9.82. The zero-order chi connectivity index (χ0) is 46.1. The fourth-order valence-corrected chi connectivity index (χ4v) is 8.80. The number of rotatable bonds is 13. The quantitative estimate of drug-likeness (QED) is 0.159. The topological polar surface area (TPSA) is 237 Å². The highest BCUT2D eigenvalue weighted by Gasteiger charge is 2.52. The maximum absolute atomic E-state index is 14.8. The first-order valence-electron chi connectivity index (χ1n) is 21.0. The lowest BCUT2D eigenvalue weighted by Gasteiger charge is -2.46. The maximum atomic E-state index is 14.8. The Bertz CT molecular complexity index is 2350. The molecule has 6 N–H and O–H groups in total. The lowest BCUT2D eigenvalue weighted by molar-refractivity contribution is -0.328. The SMILES string of the molecule is CC#C/C=C\C#C[C@H](OC1OC(C)C(C(=O)C2=NCCc3c2[nH]c2ccc(O)cc32)C(O)C1OC1CC(OC)C(NCC)CO1)C1=C(NC(=O)OC)C(=O)C[C@H](O)/C1=C/CSC(C)=O. The number of carbonyl (C=O) groups is 4. The number of Topliss-reactive ketones (excluding diaryl/α,β-unsaturated/α-hetero) is 2. The second kappa shape index (κ2) is 22.2. The number of nitrogens with zero attached hydrogens (tertiary/aromatic N) is 1. The van der Waals surface area contributed by atoms with Gasteiger partial charge in [0.2, 0.25) is 0 Å². The summed E-state index contributed by atoms with van der Waals surface area (Å²) in [5.74, 6) is 8.99. The average Bonchev–Trinajstić information content (AvgIpc) is 3.64. The molecule has 4 aliphatic rings. The number of thioether (sulfide) groups is 1. The Morgan fingerprint density at radius 2 is 1.95 bits per heavy atom. The van der Waals surface area contributed by atoms with Gasteiger partial charge in [0, 0.05) is 55.6 Å². The number of aromatic nitrogens is 1. The van der Waals surface area contributed by atoms with Crippen LogP contribution in [0, 0.1) is 29.6 Å². The zero-order valence-corrected chi connectivity index (χ0v) is 37.3. The number of aliphatic hydroxyl groups excluding tert-OH is 2. The Balaban J connectivity index is 1.44. The van der Waals surface area contributed by atoms with E-state index in [0.29, 0.717) is 24.2 Å². The molecule has 0 bridgehead atoms. The van der Waals surface area contributed by atoms with E-state index < -0.39 is 73.1 Å². The minimum Gasteiger partial charge on any atom is -0.508 e. The third-order valence-electron chi connectivity index (χ3n) is 11.3. The Hall–Kier alpha value is -5.12. The maximum Gasteiger partial charge on any atom is 0.411 e. The summed E-state index contributed by atoms with van der Waals surface area (Å²) >= 11 is 0.951. The first kappa shape index (κ1) is 48.3. The van der Waals surface area contributed by atoms with Crippen molar-refractivity contribution >= 4 is 51.2 Å². The highest BCUT2D eigenvalue weighted by Crippen LogP contribution is 2.38. The Morgan fingerprint density at radius 1 is 1.17 bits per heavy atom. The third-order valence-corrected chi connectivity index (χ3v) is 12.0. The largest absolute Gasteiger partial charge is 0.508 e. The number of amides is 1. The second-order valence-electron chi connectivity index (χ2n) is 15.4. The number of benzene rings is 1. The number of likely N-dealkylation sites (N-methyl/N-ethyl adjacent to an activating group) is 1. The minimum atomic E-state index is -1.63.